The summed E-state index contributed by atoms with van der Waals surface area (Å²) in [7, 11) is -3.76. The number of aromatic hydroxyl groups is 1. The minimum Gasteiger partial charge on any atom is -0.508 e. The van der Waals surface area contributed by atoms with Crippen LogP contribution in [-0.2, 0) is 16.4 Å². The van der Waals surface area contributed by atoms with Gasteiger partial charge < -0.3 is 5.11 Å². The first-order chi connectivity index (χ1) is 14.3. The third-order valence-electron chi connectivity index (χ3n) is 8.11. The van der Waals surface area contributed by atoms with Crippen molar-refractivity contribution in [1.82, 2.24) is 4.72 Å². The van der Waals surface area contributed by atoms with Crippen molar-refractivity contribution in [3.05, 3.63) is 59.4 Å². The lowest BCUT2D eigenvalue weighted by Gasteiger charge is -2.51. The number of hydrogen-bond acceptors (Lipinski definition) is 3. The SMILES string of the molecule is C[C@]12CC[C@@H]3c4ccc(O)cc4CC[C@H]3[C@@H]1CC[C@@H]2NS(=O)(=O)c1cccc(F)c1. The molecule has 3 aliphatic carbocycles. The van der Waals surface area contributed by atoms with Crippen LogP contribution >= 0.6 is 0 Å². The first-order valence-electron chi connectivity index (χ1n) is 10.9. The molecule has 5 rings (SSSR count). The van der Waals surface area contributed by atoms with Crippen molar-refractivity contribution < 1.29 is 17.9 Å². The first-order valence-corrected chi connectivity index (χ1v) is 12.4. The number of sulfonamides is 1. The Hall–Kier alpha value is -1.92. The zero-order valence-corrected chi connectivity index (χ0v) is 18.0. The van der Waals surface area contributed by atoms with Gasteiger partial charge in [0.05, 0.1) is 4.90 Å². The molecule has 0 spiro atoms. The lowest BCUT2D eigenvalue weighted by Crippen LogP contribution is -2.50. The molecule has 0 radical (unpaired) electrons. The minimum atomic E-state index is -3.76. The number of phenolic OH excluding ortho intramolecular Hbond substituents is 1. The number of nitrogens with one attached hydrogen (secondary N) is 1. The number of benzene rings is 2. The Morgan fingerprint density at radius 2 is 1.93 bits per heavy atom. The summed E-state index contributed by atoms with van der Waals surface area (Å²) in [5.41, 5.74) is 2.55. The molecule has 0 unspecified atom stereocenters. The van der Waals surface area contributed by atoms with E-state index in [9.17, 15) is 17.9 Å². The normalized spacial score (nSPS) is 32.9. The highest BCUT2D eigenvalue weighted by Crippen LogP contribution is 2.61. The molecule has 6 heteroatoms. The van der Waals surface area contributed by atoms with Crippen molar-refractivity contribution in [2.45, 2.75) is 62.3 Å². The van der Waals surface area contributed by atoms with Crippen LogP contribution in [0.5, 0.6) is 5.75 Å². The van der Waals surface area contributed by atoms with Crippen molar-refractivity contribution in [2.75, 3.05) is 0 Å². The van der Waals surface area contributed by atoms with Gasteiger partial charge in [0.2, 0.25) is 10.0 Å². The number of aryl methyl sites for hydroxylation is 1. The third kappa shape index (κ3) is 3.16. The smallest absolute Gasteiger partial charge is 0.240 e. The lowest BCUT2D eigenvalue weighted by molar-refractivity contribution is 0.0462. The largest absolute Gasteiger partial charge is 0.508 e. The maximum atomic E-state index is 13.6. The topological polar surface area (TPSA) is 66.4 Å². The Morgan fingerprint density at radius 3 is 2.73 bits per heavy atom. The highest BCUT2D eigenvalue weighted by atomic mass is 32.2. The molecule has 30 heavy (non-hydrogen) atoms. The molecule has 0 saturated heterocycles. The van der Waals surface area contributed by atoms with E-state index >= 15 is 0 Å². The monoisotopic (exact) mass is 429 g/mol. The second-order valence-electron chi connectivity index (χ2n) is 9.55. The van der Waals surface area contributed by atoms with Gasteiger partial charge >= 0.3 is 0 Å². The Morgan fingerprint density at radius 1 is 1.10 bits per heavy atom. The standard InChI is InChI=1S/C24H28FNO3S/c1-24-12-11-20-19-8-6-17(27)13-15(19)5-7-21(20)22(24)9-10-23(24)26-30(28,29)18-4-2-3-16(25)14-18/h2-4,6,8,13-14,20-23,26-27H,5,7,9-12H2,1H3/t20-,21-,22+,23+,24+/m1/s1. The fraction of sp³-hybridized carbons (Fsp3) is 0.500. The van der Waals surface area contributed by atoms with Crippen molar-refractivity contribution in [3.63, 3.8) is 0 Å². The molecular formula is C24H28FNO3S. The van der Waals surface area contributed by atoms with E-state index < -0.39 is 15.8 Å². The van der Waals surface area contributed by atoms with Crippen molar-refractivity contribution in [2.24, 2.45) is 17.3 Å². The van der Waals surface area contributed by atoms with Crippen molar-refractivity contribution in [1.29, 1.82) is 0 Å². The molecule has 2 saturated carbocycles. The van der Waals surface area contributed by atoms with Crippen molar-refractivity contribution >= 4 is 10.0 Å². The van der Waals surface area contributed by atoms with Gasteiger partial charge in [-0.1, -0.05) is 19.1 Å². The highest BCUT2D eigenvalue weighted by Gasteiger charge is 2.55. The Bertz CT molecular complexity index is 1090. The van der Waals surface area contributed by atoms with Gasteiger partial charge in [-0.2, -0.15) is 0 Å². The molecule has 3 aliphatic rings. The number of halogens is 1. The molecule has 0 heterocycles. The van der Waals surface area contributed by atoms with E-state index in [0.29, 0.717) is 23.5 Å². The quantitative estimate of drug-likeness (QED) is 0.741. The molecule has 5 atom stereocenters. The second kappa shape index (κ2) is 7.06. The van der Waals surface area contributed by atoms with Crippen LogP contribution < -0.4 is 4.72 Å². The van der Waals surface area contributed by atoms with Crippen LogP contribution in [0.3, 0.4) is 0 Å². The summed E-state index contributed by atoms with van der Waals surface area (Å²) < 4.78 is 42.4. The van der Waals surface area contributed by atoms with E-state index in [-0.39, 0.29) is 16.4 Å². The third-order valence-corrected chi connectivity index (χ3v) is 9.58. The predicted octanol–water partition coefficient (Wildman–Crippen LogP) is 4.73. The molecule has 2 aromatic carbocycles. The van der Waals surface area contributed by atoms with Crippen LogP contribution in [0.4, 0.5) is 4.39 Å². The summed E-state index contributed by atoms with van der Waals surface area (Å²) in [4.78, 5) is -0.00497. The Balaban J connectivity index is 1.40. The first kappa shape index (κ1) is 20.0. The Kier molecular flexibility index (Phi) is 4.71. The average Bonchev–Trinajstić information content (AvgIpc) is 3.03. The van der Waals surface area contributed by atoms with E-state index in [1.807, 2.05) is 6.07 Å². The lowest BCUT2D eigenvalue weighted by atomic mass is 9.55. The number of hydrogen-bond donors (Lipinski definition) is 2. The van der Waals surface area contributed by atoms with Crippen LogP contribution in [0.15, 0.2) is 47.4 Å². The van der Waals surface area contributed by atoms with E-state index in [1.165, 1.54) is 29.3 Å². The van der Waals surface area contributed by atoms with Gasteiger partial charge in [-0.05, 0) is 103 Å². The molecule has 0 aromatic heterocycles. The van der Waals surface area contributed by atoms with Gasteiger partial charge in [0, 0.05) is 6.04 Å². The summed E-state index contributed by atoms with van der Waals surface area (Å²) in [5.74, 6) is 1.30. The maximum Gasteiger partial charge on any atom is 0.240 e. The summed E-state index contributed by atoms with van der Waals surface area (Å²) in [6, 6.07) is 10.9. The molecule has 0 amide bonds. The van der Waals surface area contributed by atoms with Gasteiger partial charge in [-0.25, -0.2) is 17.5 Å². The summed E-state index contributed by atoms with van der Waals surface area (Å²) >= 11 is 0. The number of rotatable bonds is 3. The van der Waals surface area contributed by atoms with Crippen LogP contribution in [0, 0.1) is 23.1 Å². The zero-order chi connectivity index (χ0) is 21.1. The molecule has 2 N–H and O–H groups in total. The van der Waals surface area contributed by atoms with E-state index in [4.69, 9.17) is 0 Å². The van der Waals surface area contributed by atoms with Gasteiger partial charge in [-0.3, -0.25) is 0 Å². The molecular weight excluding hydrogens is 401 g/mol. The van der Waals surface area contributed by atoms with Crippen LogP contribution in [0.25, 0.3) is 0 Å². The molecule has 0 bridgehead atoms. The maximum absolute atomic E-state index is 13.6. The van der Waals surface area contributed by atoms with E-state index in [2.05, 4.69) is 17.7 Å². The summed E-state index contributed by atoms with van der Waals surface area (Å²) in [6.07, 6.45) is 5.90. The minimum absolute atomic E-state index is 0.00497. The van der Waals surface area contributed by atoms with Crippen LogP contribution in [-0.4, -0.2) is 19.6 Å². The molecule has 2 aromatic rings. The second-order valence-corrected chi connectivity index (χ2v) is 11.3. The average molecular weight is 430 g/mol. The number of phenols is 1. The Labute approximate surface area is 177 Å². The highest BCUT2D eigenvalue weighted by molar-refractivity contribution is 7.89. The van der Waals surface area contributed by atoms with E-state index in [1.54, 1.807) is 6.07 Å². The van der Waals surface area contributed by atoms with Crippen molar-refractivity contribution in [3.8, 4) is 5.75 Å². The van der Waals surface area contributed by atoms with Crippen LogP contribution in [0.1, 0.15) is 56.1 Å². The summed E-state index contributed by atoms with van der Waals surface area (Å²) in [6.45, 7) is 2.24. The molecule has 160 valence electrons. The molecule has 4 nitrogen and oxygen atoms in total. The van der Waals surface area contributed by atoms with Gasteiger partial charge in [0.25, 0.3) is 0 Å². The predicted molar refractivity (Wildman–Crippen MR) is 113 cm³/mol. The van der Waals surface area contributed by atoms with Gasteiger partial charge in [0.1, 0.15) is 11.6 Å². The van der Waals surface area contributed by atoms with Gasteiger partial charge in [-0.15, -0.1) is 0 Å². The molecule has 2 fully saturated rings. The van der Waals surface area contributed by atoms with E-state index in [0.717, 1.165) is 44.6 Å². The molecule has 0 aliphatic heterocycles. The fourth-order valence-corrected chi connectivity index (χ4v) is 8.08. The zero-order valence-electron chi connectivity index (χ0n) is 17.1. The summed E-state index contributed by atoms with van der Waals surface area (Å²) in [5, 5.41) is 9.84. The van der Waals surface area contributed by atoms with Crippen LogP contribution in [0.2, 0.25) is 0 Å². The number of fused-ring (bicyclic) bond motifs is 5. The van der Waals surface area contributed by atoms with Gasteiger partial charge in [0.15, 0.2) is 0 Å². The fourth-order valence-electron chi connectivity index (χ4n) is 6.65.